The molecular formula is C18H16O2S. The summed E-state index contributed by atoms with van der Waals surface area (Å²) < 4.78 is 1.23. The second-order valence-electron chi connectivity index (χ2n) is 5.00. The summed E-state index contributed by atoms with van der Waals surface area (Å²) in [6.45, 7) is 1.72. The lowest BCUT2D eigenvalue weighted by atomic mass is 9.99. The van der Waals surface area contributed by atoms with E-state index in [4.69, 9.17) is 0 Å². The number of carbonyl (C=O) groups excluding carboxylic acids is 1. The van der Waals surface area contributed by atoms with Gasteiger partial charge in [0, 0.05) is 39.1 Å². The Morgan fingerprint density at radius 2 is 1.81 bits per heavy atom. The molecule has 2 aromatic carbocycles. The van der Waals surface area contributed by atoms with Crippen molar-refractivity contribution in [1.29, 1.82) is 0 Å². The number of thiophene rings is 1. The third-order valence-corrected chi connectivity index (χ3v) is 4.82. The fourth-order valence-electron chi connectivity index (χ4n) is 2.56. The Bertz CT molecular complexity index is 785. The van der Waals surface area contributed by atoms with Crippen LogP contribution in [0.2, 0.25) is 0 Å². The number of aliphatic hydroxyl groups excluding tert-OH is 1. The number of hydrogen-bond acceptors (Lipinski definition) is 3. The smallest absolute Gasteiger partial charge is 0.159 e. The van der Waals surface area contributed by atoms with Crippen molar-refractivity contribution in [2.24, 2.45) is 0 Å². The van der Waals surface area contributed by atoms with Crippen molar-refractivity contribution < 1.29 is 9.90 Å². The highest BCUT2D eigenvalue weighted by molar-refractivity contribution is 7.19. The van der Waals surface area contributed by atoms with E-state index in [1.54, 1.807) is 18.3 Å². The summed E-state index contributed by atoms with van der Waals surface area (Å²) in [5, 5.41) is 10.5. The van der Waals surface area contributed by atoms with E-state index in [1.165, 1.54) is 20.5 Å². The van der Waals surface area contributed by atoms with Crippen molar-refractivity contribution >= 4 is 27.2 Å². The van der Waals surface area contributed by atoms with Crippen molar-refractivity contribution in [2.75, 3.05) is 6.61 Å². The molecule has 1 N–H and O–H groups in total. The molecule has 3 rings (SSSR count). The summed E-state index contributed by atoms with van der Waals surface area (Å²) in [4.78, 5) is 12.6. The van der Waals surface area contributed by atoms with E-state index in [0.717, 1.165) is 11.1 Å². The molecule has 0 radical (unpaired) electrons. The molecule has 0 spiro atoms. The van der Waals surface area contributed by atoms with Crippen LogP contribution in [0.5, 0.6) is 0 Å². The van der Waals surface area contributed by atoms with Crippen molar-refractivity contribution in [3.05, 3.63) is 59.0 Å². The molecule has 0 bridgehead atoms. The molecule has 0 amide bonds. The van der Waals surface area contributed by atoms with Gasteiger partial charge in [-0.3, -0.25) is 4.79 Å². The Labute approximate surface area is 127 Å². The normalized spacial score (nSPS) is 11.0. The molecule has 0 saturated carbocycles. The summed E-state index contributed by atoms with van der Waals surface area (Å²) in [7, 11) is 0. The van der Waals surface area contributed by atoms with Crippen LogP contribution in [0.15, 0.2) is 48.5 Å². The maximum Gasteiger partial charge on any atom is 0.159 e. The first-order chi connectivity index (χ1) is 10.2. The fourth-order valence-corrected chi connectivity index (χ4v) is 3.78. The molecule has 0 unspecified atom stereocenters. The average Bonchev–Trinajstić information content (AvgIpc) is 2.85. The van der Waals surface area contributed by atoms with Gasteiger partial charge in [0.05, 0.1) is 0 Å². The van der Waals surface area contributed by atoms with Gasteiger partial charge in [0.15, 0.2) is 5.78 Å². The molecule has 106 valence electrons. The predicted octanol–water partition coefficient (Wildman–Crippen LogP) is 4.31. The van der Waals surface area contributed by atoms with E-state index < -0.39 is 0 Å². The van der Waals surface area contributed by atoms with Gasteiger partial charge >= 0.3 is 0 Å². The number of fused-ring (bicyclic) bond motifs is 1. The summed E-state index contributed by atoms with van der Waals surface area (Å²) in [6, 6.07) is 16.0. The number of rotatable bonds is 4. The van der Waals surface area contributed by atoms with E-state index in [-0.39, 0.29) is 12.4 Å². The molecule has 0 aliphatic heterocycles. The highest BCUT2D eigenvalue weighted by atomic mass is 32.1. The number of aliphatic hydroxyl groups is 1. The van der Waals surface area contributed by atoms with Gasteiger partial charge in [-0.05, 0) is 18.6 Å². The van der Waals surface area contributed by atoms with Crippen LogP contribution in [0.25, 0.3) is 21.2 Å². The molecule has 0 aliphatic rings. The second-order valence-corrected chi connectivity index (χ2v) is 6.14. The van der Waals surface area contributed by atoms with Crippen molar-refractivity contribution in [1.82, 2.24) is 0 Å². The summed E-state index contributed by atoms with van der Waals surface area (Å²) in [6.07, 6.45) is 0.656. The van der Waals surface area contributed by atoms with Crippen LogP contribution in [0.3, 0.4) is 0 Å². The van der Waals surface area contributed by atoms with Crippen LogP contribution in [0.4, 0.5) is 0 Å². The van der Waals surface area contributed by atoms with E-state index in [2.05, 4.69) is 12.1 Å². The number of ketones is 1. The highest BCUT2D eigenvalue weighted by Crippen LogP contribution is 2.39. The largest absolute Gasteiger partial charge is 0.396 e. The van der Waals surface area contributed by atoms with Gasteiger partial charge in [-0.25, -0.2) is 0 Å². The van der Waals surface area contributed by atoms with Crippen LogP contribution in [-0.4, -0.2) is 17.5 Å². The van der Waals surface area contributed by atoms with E-state index >= 15 is 0 Å². The number of carbonyl (C=O) groups is 1. The third-order valence-electron chi connectivity index (χ3n) is 3.59. The lowest BCUT2D eigenvalue weighted by Gasteiger charge is -2.05. The van der Waals surface area contributed by atoms with Crippen LogP contribution in [0, 0.1) is 0 Å². The van der Waals surface area contributed by atoms with Crippen LogP contribution in [-0.2, 0) is 6.42 Å². The monoisotopic (exact) mass is 296 g/mol. The minimum Gasteiger partial charge on any atom is -0.396 e. The number of benzene rings is 2. The predicted molar refractivity (Wildman–Crippen MR) is 88.1 cm³/mol. The third kappa shape index (κ3) is 2.62. The van der Waals surface area contributed by atoms with Gasteiger partial charge in [0.2, 0.25) is 0 Å². The number of hydrogen-bond donors (Lipinski definition) is 1. The minimum absolute atomic E-state index is 0.0762. The zero-order valence-electron chi connectivity index (χ0n) is 11.8. The Kier molecular flexibility index (Phi) is 3.86. The van der Waals surface area contributed by atoms with Crippen LogP contribution in [0.1, 0.15) is 22.2 Å². The van der Waals surface area contributed by atoms with Gasteiger partial charge in [-0.1, -0.05) is 42.5 Å². The summed E-state index contributed by atoms with van der Waals surface area (Å²) in [5.41, 5.74) is 3.00. The lowest BCUT2D eigenvalue weighted by molar-refractivity contribution is 0.101. The maximum atomic E-state index is 11.4. The van der Waals surface area contributed by atoms with Gasteiger partial charge in [-0.15, -0.1) is 11.3 Å². The Hall–Kier alpha value is -1.97. The van der Waals surface area contributed by atoms with Gasteiger partial charge in [0.25, 0.3) is 0 Å². The standard InChI is InChI=1S/C18H16O2S/c1-12(20)13-6-8-14(9-7-13)18-15-4-2-3-5-16(15)21-17(18)10-11-19/h2-9,19H,10-11H2,1H3. The number of Topliss-reactive ketones (excluding diaryl/α,β-unsaturated/α-hetero) is 1. The van der Waals surface area contributed by atoms with E-state index in [9.17, 15) is 9.90 Å². The molecule has 0 atom stereocenters. The Balaban J connectivity index is 2.17. The maximum absolute atomic E-state index is 11.4. The van der Waals surface area contributed by atoms with Crippen molar-refractivity contribution in [2.45, 2.75) is 13.3 Å². The first-order valence-corrected chi connectivity index (χ1v) is 7.75. The van der Waals surface area contributed by atoms with E-state index in [1.807, 2.05) is 36.4 Å². The molecule has 1 aromatic heterocycles. The second kappa shape index (κ2) is 5.80. The minimum atomic E-state index is 0.0762. The molecule has 0 fully saturated rings. The van der Waals surface area contributed by atoms with Crippen molar-refractivity contribution in [3.8, 4) is 11.1 Å². The van der Waals surface area contributed by atoms with Gasteiger partial charge < -0.3 is 5.11 Å². The summed E-state index contributed by atoms with van der Waals surface area (Å²) in [5.74, 6) is 0.0762. The molecule has 0 saturated heterocycles. The highest BCUT2D eigenvalue weighted by Gasteiger charge is 2.13. The summed E-state index contributed by atoms with van der Waals surface area (Å²) >= 11 is 1.73. The van der Waals surface area contributed by atoms with Gasteiger partial charge in [0.1, 0.15) is 0 Å². The molecule has 3 aromatic rings. The molecule has 21 heavy (non-hydrogen) atoms. The topological polar surface area (TPSA) is 37.3 Å². The fraction of sp³-hybridized carbons (Fsp3) is 0.167. The first-order valence-electron chi connectivity index (χ1n) is 6.93. The van der Waals surface area contributed by atoms with E-state index in [0.29, 0.717) is 6.42 Å². The first kappa shape index (κ1) is 14.0. The molecule has 1 heterocycles. The molecular weight excluding hydrogens is 280 g/mol. The zero-order valence-corrected chi connectivity index (χ0v) is 12.6. The zero-order chi connectivity index (χ0) is 14.8. The van der Waals surface area contributed by atoms with Gasteiger partial charge in [-0.2, -0.15) is 0 Å². The lowest BCUT2D eigenvalue weighted by Crippen LogP contribution is -1.92. The molecule has 2 nitrogen and oxygen atoms in total. The van der Waals surface area contributed by atoms with Crippen LogP contribution < -0.4 is 0 Å². The quantitative estimate of drug-likeness (QED) is 0.729. The SMILES string of the molecule is CC(=O)c1ccc(-c2c(CCO)sc3ccccc23)cc1. The van der Waals surface area contributed by atoms with Crippen LogP contribution >= 0.6 is 11.3 Å². The van der Waals surface area contributed by atoms with Crippen molar-refractivity contribution in [3.63, 3.8) is 0 Å². The Morgan fingerprint density at radius 3 is 2.48 bits per heavy atom. The molecule has 3 heteroatoms. The average molecular weight is 296 g/mol. The Morgan fingerprint density at radius 1 is 1.10 bits per heavy atom. The molecule has 0 aliphatic carbocycles.